The van der Waals surface area contributed by atoms with E-state index in [1.807, 2.05) is 30.3 Å². The number of fused-ring (bicyclic) bond motifs is 3. The Balaban J connectivity index is 1.99. The first-order valence-electron chi connectivity index (χ1n) is 9.17. The molecular weight excluding hydrogens is 342 g/mol. The van der Waals surface area contributed by atoms with E-state index in [0.29, 0.717) is 24.5 Å². The molecule has 27 heavy (non-hydrogen) atoms. The molecule has 1 aliphatic rings. The van der Waals surface area contributed by atoms with E-state index < -0.39 is 11.9 Å². The van der Waals surface area contributed by atoms with Crippen molar-refractivity contribution in [1.82, 2.24) is 4.57 Å². The molecule has 2 aromatic carbocycles. The zero-order chi connectivity index (χ0) is 19.0. The van der Waals surface area contributed by atoms with Crippen LogP contribution < -0.4 is 9.47 Å². The normalized spacial score (nSPS) is 16.1. The van der Waals surface area contributed by atoms with Crippen LogP contribution >= 0.6 is 0 Å². The van der Waals surface area contributed by atoms with E-state index in [1.54, 1.807) is 14.2 Å². The van der Waals surface area contributed by atoms with Gasteiger partial charge in [0.15, 0.2) is 11.5 Å². The molecule has 1 unspecified atom stereocenters. The number of benzene rings is 2. The highest BCUT2D eigenvalue weighted by molar-refractivity contribution is 5.94. The lowest BCUT2D eigenvalue weighted by Crippen LogP contribution is -2.19. The van der Waals surface area contributed by atoms with Gasteiger partial charge in [-0.1, -0.05) is 30.3 Å². The molecule has 0 radical (unpaired) electrons. The maximum atomic E-state index is 11.9. The van der Waals surface area contributed by atoms with E-state index in [4.69, 9.17) is 9.47 Å². The van der Waals surface area contributed by atoms with Gasteiger partial charge in [-0.15, -0.1) is 0 Å². The van der Waals surface area contributed by atoms with Gasteiger partial charge in [-0.3, -0.25) is 4.79 Å². The van der Waals surface area contributed by atoms with Crippen molar-refractivity contribution in [3.63, 3.8) is 0 Å². The molecule has 0 amide bonds. The molecule has 0 fully saturated rings. The number of methoxy groups -OCH3 is 2. The third-order valence-electron chi connectivity index (χ3n) is 5.46. The quantitative estimate of drug-likeness (QED) is 0.736. The Morgan fingerprint density at radius 1 is 1.15 bits per heavy atom. The van der Waals surface area contributed by atoms with E-state index in [2.05, 4.69) is 16.7 Å². The summed E-state index contributed by atoms with van der Waals surface area (Å²) in [6.07, 6.45) is 2.43. The predicted octanol–water partition coefficient (Wildman–Crippen LogP) is 4.21. The number of carboxylic acid groups (broad SMARTS) is 1. The number of ether oxygens (including phenoxy) is 2. The molecule has 1 atom stereocenters. The summed E-state index contributed by atoms with van der Waals surface area (Å²) < 4.78 is 13.2. The van der Waals surface area contributed by atoms with E-state index >= 15 is 0 Å². The lowest BCUT2D eigenvalue weighted by Gasteiger charge is -2.21. The SMILES string of the molecule is COc1cc2c3c(n(Cc4ccccc4)c2cc1OC)CCCC3C(=O)O. The fourth-order valence-electron chi connectivity index (χ4n) is 4.22. The molecular formula is C22H23NO4. The van der Waals surface area contributed by atoms with Gasteiger partial charge in [-0.25, -0.2) is 0 Å². The maximum absolute atomic E-state index is 11.9. The van der Waals surface area contributed by atoms with Gasteiger partial charge in [0.25, 0.3) is 0 Å². The highest BCUT2D eigenvalue weighted by Crippen LogP contribution is 2.43. The number of aromatic nitrogens is 1. The Morgan fingerprint density at radius 2 is 1.85 bits per heavy atom. The van der Waals surface area contributed by atoms with Gasteiger partial charge in [0.05, 0.1) is 25.7 Å². The van der Waals surface area contributed by atoms with E-state index in [-0.39, 0.29) is 0 Å². The zero-order valence-corrected chi connectivity index (χ0v) is 15.6. The molecule has 1 heterocycles. The van der Waals surface area contributed by atoms with Gasteiger partial charge in [-0.2, -0.15) is 0 Å². The van der Waals surface area contributed by atoms with Crippen LogP contribution in [-0.2, 0) is 17.8 Å². The standard InChI is InChI=1S/C22H23NO4/c1-26-19-11-16-18(12-20(19)27-2)23(13-14-7-4-3-5-8-14)17-10-6-9-15(21(16)17)22(24)25/h3-5,7-8,11-12,15H,6,9-10,13H2,1-2H3,(H,24,25). The summed E-state index contributed by atoms with van der Waals surface area (Å²) in [4.78, 5) is 11.9. The number of rotatable bonds is 5. The second kappa shape index (κ2) is 6.99. The van der Waals surface area contributed by atoms with Crippen molar-refractivity contribution in [2.45, 2.75) is 31.7 Å². The van der Waals surface area contributed by atoms with Crippen LogP contribution in [0.1, 0.15) is 35.6 Å². The van der Waals surface area contributed by atoms with E-state index in [0.717, 1.165) is 35.0 Å². The number of nitrogens with zero attached hydrogens (tertiary/aromatic N) is 1. The molecule has 1 aliphatic carbocycles. The highest BCUT2D eigenvalue weighted by Gasteiger charge is 2.32. The monoisotopic (exact) mass is 365 g/mol. The summed E-state index contributed by atoms with van der Waals surface area (Å²) in [5, 5.41) is 10.8. The molecule has 1 N–H and O–H groups in total. The van der Waals surface area contributed by atoms with Crippen LogP contribution in [0.15, 0.2) is 42.5 Å². The minimum Gasteiger partial charge on any atom is -0.493 e. The molecule has 0 saturated heterocycles. The van der Waals surface area contributed by atoms with Gasteiger partial charge in [0.2, 0.25) is 0 Å². The lowest BCUT2D eigenvalue weighted by molar-refractivity contribution is -0.139. The number of carboxylic acids is 1. The van der Waals surface area contributed by atoms with Crippen molar-refractivity contribution in [3.05, 3.63) is 59.3 Å². The van der Waals surface area contributed by atoms with Crippen LogP contribution in [0.25, 0.3) is 10.9 Å². The Kier molecular flexibility index (Phi) is 4.52. The Labute approximate surface area is 158 Å². The molecule has 1 aromatic heterocycles. The van der Waals surface area contributed by atoms with E-state index in [9.17, 15) is 9.90 Å². The third-order valence-corrected chi connectivity index (χ3v) is 5.46. The van der Waals surface area contributed by atoms with E-state index in [1.165, 1.54) is 5.56 Å². The first-order valence-corrected chi connectivity index (χ1v) is 9.17. The minimum atomic E-state index is -0.760. The van der Waals surface area contributed by atoms with Crippen LogP contribution in [0, 0.1) is 0 Å². The smallest absolute Gasteiger partial charge is 0.311 e. The fraction of sp³-hybridized carbons (Fsp3) is 0.318. The summed E-state index contributed by atoms with van der Waals surface area (Å²) in [5.41, 5.74) is 4.22. The van der Waals surface area contributed by atoms with Gasteiger partial charge in [-0.05, 0) is 36.5 Å². The number of hydrogen-bond donors (Lipinski definition) is 1. The van der Waals surface area contributed by atoms with Crippen molar-refractivity contribution < 1.29 is 19.4 Å². The van der Waals surface area contributed by atoms with Gasteiger partial charge < -0.3 is 19.1 Å². The van der Waals surface area contributed by atoms with Crippen LogP contribution in [-0.4, -0.2) is 29.9 Å². The Bertz CT molecular complexity index is 991. The summed E-state index contributed by atoms with van der Waals surface area (Å²) in [5.74, 6) is 0.0382. The molecule has 4 rings (SSSR count). The van der Waals surface area contributed by atoms with Crippen molar-refractivity contribution >= 4 is 16.9 Å². The van der Waals surface area contributed by atoms with Gasteiger partial charge in [0, 0.05) is 23.7 Å². The molecule has 0 saturated carbocycles. The summed E-state index contributed by atoms with van der Waals surface area (Å²) in [7, 11) is 3.22. The number of aliphatic carboxylic acids is 1. The number of hydrogen-bond acceptors (Lipinski definition) is 3. The lowest BCUT2D eigenvalue weighted by atomic mass is 9.85. The predicted molar refractivity (Wildman–Crippen MR) is 104 cm³/mol. The summed E-state index contributed by atoms with van der Waals surface area (Å²) >= 11 is 0. The molecule has 5 nitrogen and oxygen atoms in total. The molecule has 3 aromatic rings. The Hall–Kier alpha value is -2.95. The van der Waals surface area contributed by atoms with Crippen LogP contribution in [0.4, 0.5) is 0 Å². The van der Waals surface area contributed by atoms with Gasteiger partial charge >= 0.3 is 5.97 Å². The second-order valence-corrected chi connectivity index (χ2v) is 6.94. The molecule has 0 spiro atoms. The van der Waals surface area contributed by atoms with Crippen molar-refractivity contribution in [3.8, 4) is 11.5 Å². The first-order chi connectivity index (χ1) is 13.1. The average Bonchev–Trinajstić information content (AvgIpc) is 3.00. The fourth-order valence-corrected chi connectivity index (χ4v) is 4.22. The molecule has 140 valence electrons. The van der Waals surface area contributed by atoms with Crippen molar-refractivity contribution in [2.24, 2.45) is 0 Å². The molecule has 0 aliphatic heterocycles. The summed E-state index contributed by atoms with van der Waals surface area (Å²) in [6.45, 7) is 0.703. The zero-order valence-electron chi connectivity index (χ0n) is 15.6. The minimum absolute atomic E-state index is 0.480. The third kappa shape index (κ3) is 2.93. The van der Waals surface area contributed by atoms with Crippen LogP contribution in [0.2, 0.25) is 0 Å². The van der Waals surface area contributed by atoms with Crippen LogP contribution in [0.3, 0.4) is 0 Å². The molecule has 5 heteroatoms. The van der Waals surface area contributed by atoms with Crippen molar-refractivity contribution in [1.29, 1.82) is 0 Å². The second-order valence-electron chi connectivity index (χ2n) is 6.94. The highest BCUT2D eigenvalue weighted by atomic mass is 16.5. The molecule has 0 bridgehead atoms. The number of carbonyl (C=O) groups is 1. The summed E-state index contributed by atoms with van der Waals surface area (Å²) in [6, 6.07) is 14.1. The average molecular weight is 365 g/mol. The van der Waals surface area contributed by atoms with Crippen molar-refractivity contribution in [2.75, 3.05) is 14.2 Å². The topological polar surface area (TPSA) is 60.7 Å². The first kappa shape index (κ1) is 17.5. The van der Waals surface area contributed by atoms with Gasteiger partial charge in [0.1, 0.15) is 0 Å². The van der Waals surface area contributed by atoms with Crippen LogP contribution in [0.5, 0.6) is 11.5 Å². The maximum Gasteiger partial charge on any atom is 0.311 e. The largest absolute Gasteiger partial charge is 0.493 e. The Morgan fingerprint density at radius 3 is 2.52 bits per heavy atom.